The fourth-order valence-corrected chi connectivity index (χ4v) is 2.98. The van der Waals surface area contributed by atoms with Crippen LogP contribution < -0.4 is 10.2 Å². The number of halogens is 1. The molecule has 0 saturated carbocycles. The number of rotatable bonds is 3. The molecule has 1 aromatic carbocycles. The molecule has 1 aliphatic rings. The molecule has 0 unspecified atom stereocenters. The number of nitrogens with one attached hydrogen (secondary N) is 1. The monoisotopic (exact) mass is 328 g/mol. The van der Waals surface area contributed by atoms with E-state index in [1.165, 1.54) is 24.3 Å². The summed E-state index contributed by atoms with van der Waals surface area (Å²) in [5.74, 6) is 1.23. The Morgan fingerprint density at radius 3 is 2.46 bits per heavy atom. The summed E-state index contributed by atoms with van der Waals surface area (Å²) in [6.45, 7) is 5.54. The van der Waals surface area contributed by atoms with Crippen molar-refractivity contribution in [3.05, 3.63) is 53.2 Å². The zero-order valence-corrected chi connectivity index (χ0v) is 13.9. The zero-order valence-electron chi connectivity index (χ0n) is 13.9. The van der Waals surface area contributed by atoms with Crippen molar-refractivity contribution in [2.24, 2.45) is 0 Å². The van der Waals surface area contributed by atoms with Gasteiger partial charge in [-0.3, -0.25) is 4.79 Å². The SMILES string of the molecule is Cc1cc(N2CCC(NC(=O)c3ccc(F)cc3)CC2)nc(C)n1. The number of hydrogen-bond donors (Lipinski definition) is 1. The highest BCUT2D eigenvalue weighted by Gasteiger charge is 2.22. The maximum Gasteiger partial charge on any atom is 0.251 e. The molecule has 1 amide bonds. The van der Waals surface area contributed by atoms with Crippen molar-refractivity contribution >= 4 is 11.7 Å². The van der Waals surface area contributed by atoms with E-state index >= 15 is 0 Å². The van der Waals surface area contributed by atoms with E-state index in [1.807, 2.05) is 19.9 Å². The number of aromatic nitrogens is 2. The van der Waals surface area contributed by atoms with Crippen LogP contribution in [-0.2, 0) is 0 Å². The van der Waals surface area contributed by atoms with Gasteiger partial charge in [-0.25, -0.2) is 14.4 Å². The van der Waals surface area contributed by atoms with Gasteiger partial charge in [0.1, 0.15) is 17.5 Å². The minimum absolute atomic E-state index is 0.128. The van der Waals surface area contributed by atoms with Crippen molar-refractivity contribution in [1.29, 1.82) is 0 Å². The van der Waals surface area contributed by atoms with E-state index in [4.69, 9.17) is 0 Å². The van der Waals surface area contributed by atoms with Crippen LogP contribution in [0.15, 0.2) is 30.3 Å². The number of anilines is 1. The number of aryl methyl sites for hydroxylation is 2. The van der Waals surface area contributed by atoms with Crippen LogP contribution in [0.1, 0.15) is 34.7 Å². The lowest BCUT2D eigenvalue weighted by Crippen LogP contribution is -2.45. The molecule has 5 nitrogen and oxygen atoms in total. The van der Waals surface area contributed by atoms with Crippen molar-refractivity contribution in [1.82, 2.24) is 15.3 Å². The van der Waals surface area contributed by atoms with E-state index in [9.17, 15) is 9.18 Å². The van der Waals surface area contributed by atoms with E-state index in [2.05, 4.69) is 20.2 Å². The third-order valence-electron chi connectivity index (χ3n) is 4.21. The largest absolute Gasteiger partial charge is 0.356 e. The van der Waals surface area contributed by atoms with Gasteiger partial charge in [0.25, 0.3) is 5.91 Å². The van der Waals surface area contributed by atoms with Gasteiger partial charge in [0.15, 0.2) is 0 Å². The summed E-state index contributed by atoms with van der Waals surface area (Å²) in [6, 6.07) is 7.74. The molecule has 1 saturated heterocycles. The summed E-state index contributed by atoms with van der Waals surface area (Å²) in [5, 5.41) is 3.03. The van der Waals surface area contributed by atoms with Crippen LogP contribution >= 0.6 is 0 Å². The Bertz CT molecular complexity index is 704. The van der Waals surface area contributed by atoms with E-state index in [-0.39, 0.29) is 17.8 Å². The molecule has 24 heavy (non-hydrogen) atoms. The van der Waals surface area contributed by atoms with Crippen molar-refractivity contribution < 1.29 is 9.18 Å². The fraction of sp³-hybridized carbons (Fsp3) is 0.389. The molecule has 1 N–H and O–H groups in total. The topological polar surface area (TPSA) is 58.1 Å². The van der Waals surface area contributed by atoms with Gasteiger partial charge in [0.2, 0.25) is 0 Å². The van der Waals surface area contributed by atoms with Gasteiger partial charge in [0.05, 0.1) is 0 Å². The molecular weight excluding hydrogens is 307 g/mol. The first kappa shape index (κ1) is 16.4. The quantitative estimate of drug-likeness (QED) is 0.941. The van der Waals surface area contributed by atoms with Crippen LogP contribution in [0.25, 0.3) is 0 Å². The second-order valence-corrected chi connectivity index (χ2v) is 6.16. The molecule has 0 bridgehead atoms. The molecule has 6 heteroatoms. The highest BCUT2D eigenvalue weighted by molar-refractivity contribution is 5.94. The number of carbonyl (C=O) groups excluding carboxylic acids is 1. The van der Waals surface area contributed by atoms with Crippen LogP contribution in [0.3, 0.4) is 0 Å². The Balaban J connectivity index is 1.57. The molecule has 0 spiro atoms. The molecule has 2 aromatic rings. The molecule has 2 heterocycles. The molecular formula is C18H21FN4O. The highest BCUT2D eigenvalue weighted by Crippen LogP contribution is 2.19. The molecule has 1 aromatic heterocycles. The predicted octanol–water partition coefficient (Wildman–Crippen LogP) is 2.63. The lowest BCUT2D eigenvalue weighted by molar-refractivity contribution is 0.0931. The third-order valence-corrected chi connectivity index (χ3v) is 4.21. The fourth-order valence-electron chi connectivity index (χ4n) is 2.98. The van der Waals surface area contributed by atoms with E-state index in [1.54, 1.807) is 0 Å². The van der Waals surface area contributed by atoms with Gasteiger partial charge in [0, 0.05) is 36.5 Å². The van der Waals surface area contributed by atoms with Crippen molar-refractivity contribution in [3.63, 3.8) is 0 Å². The summed E-state index contributed by atoms with van der Waals surface area (Å²) >= 11 is 0. The van der Waals surface area contributed by atoms with Crippen molar-refractivity contribution in [2.75, 3.05) is 18.0 Å². The first-order valence-corrected chi connectivity index (χ1v) is 8.15. The molecule has 1 aliphatic heterocycles. The van der Waals surface area contributed by atoms with E-state index in [0.717, 1.165) is 43.3 Å². The molecule has 0 atom stereocenters. The van der Waals surface area contributed by atoms with Crippen LogP contribution in [0.2, 0.25) is 0 Å². The Kier molecular flexibility index (Phi) is 4.74. The minimum Gasteiger partial charge on any atom is -0.356 e. The number of nitrogens with zero attached hydrogens (tertiary/aromatic N) is 3. The van der Waals surface area contributed by atoms with Crippen molar-refractivity contribution in [2.45, 2.75) is 32.7 Å². The molecule has 0 radical (unpaired) electrons. The van der Waals surface area contributed by atoms with Crippen molar-refractivity contribution in [3.8, 4) is 0 Å². The van der Waals surface area contributed by atoms with E-state index in [0.29, 0.717) is 5.56 Å². The van der Waals surface area contributed by atoms with Gasteiger partial charge in [-0.1, -0.05) is 0 Å². The van der Waals surface area contributed by atoms with Gasteiger partial charge >= 0.3 is 0 Å². The van der Waals surface area contributed by atoms with Crippen LogP contribution in [0.4, 0.5) is 10.2 Å². The molecule has 0 aliphatic carbocycles. The number of amides is 1. The van der Waals surface area contributed by atoms with Gasteiger partial charge in [-0.2, -0.15) is 0 Å². The summed E-state index contributed by atoms with van der Waals surface area (Å²) in [6.07, 6.45) is 1.71. The standard InChI is InChI=1S/C18H21FN4O/c1-12-11-17(21-13(2)20-12)23-9-7-16(8-10-23)22-18(24)14-3-5-15(19)6-4-14/h3-6,11,16H,7-10H2,1-2H3,(H,22,24). The van der Waals surface area contributed by atoms with Crippen LogP contribution in [-0.4, -0.2) is 35.0 Å². The highest BCUT2D eigenvalue weighted by atomic mass is 19.1. The predicted molar refractivity (Wildman–Crippen MR) is 90.6 cm³/mol. The Morgan fingerprint density at radius 1 is 1.17 bits per heavy atom. The number of benzene rings is 1. The second-order valence-electron chi connectivity index (χ2n) is 6.16. The zero-order chi connectivity index (χ0) is 17.1. The lowest BCUT2D eigenvalue weighted by atomic mass is 10.0. The maximum absolute atomic E-state index is 12.9. The average molecular weight is 328 g/mol. The van der Waals surface area contributed by atoms with Gasteiger partial charge < -0.3 is 10.2 Å². The Hall–Kier alpha value is -2.50. The average Bonchev–Trinajstić information content (AvgIpc) is 2.55. The maximum atomic E-state index is 12.9. The van der Waals surface area contributed by atoms with Gasteiger partial charge in [-0.05, 0) is 51.0 Å². The molecule has 3 rings (SSSR count). The minimum atomic E-state index is -0.338. The lowest BCUT2D eigenvalue weighted by Gasteiger charge is -2.33. The van der Waals surface area contributed by atoms with E-state index < -0.39 is 0 Å². The first-order valence-electron chi connectivity index (χ1n) is 8.15. The number of carbonyl (C=O) groups is 1. The summed E-state index contributed by atoms with van der Waals surface area (Å²) in [4.78, 5) is 23.2. The summed E-state index contributed by atoms with van der Waals surface area (Å²) < 4.78 is 12.9. The van der Waals surface area contributed by atoms with Gasteiger partial charge in [-0.15, -0.1) is 0 Å². The normalized spacial score (nSPS) is 15.4. The first-order chi connectivity index (χ1) is 11.5. The third kappa shape index (κ3) is 3.88. The van der Waals surface area contributed by atoms with Crippen LogP contribution in [0.5, 0.6) is 0 Å². The molecule has 126 valence electrons. The second kappa shape index (κ2) is 6.95. The van der Waals surface area contributed by atoms with Crippen LogP contribution in [0, 0.1) is 19.7 Å². The summed E-state index contributed by atoms with van der Waals surface area (Å²) in [7, 11) is 0. The summed E-state index contributed by atoms with van der Waals surface area (Å²) in [5.41, 5.74) is 1.45. The molecule has 1 fully saturated rings. The smallest absolute Gasteiger partial charge is 0.251 e. The number of piperidine rings is 1. The Morgan fingerprint density at radius 2 is 1.83 bits per heavy atom. The Labute approximate surface area is 140 Å². The number of hydrogen-bond acceptors (Lipinski definition) is 4.